The highest BCUT2D eigenvalue weighted by Gasteiger charge is 2.33. The predicted octanol–water partition coefficient (Wildman–Crippen LogP) is -1.22. The second-order valence-electron chi connectivity index (χ2n) is 3.85. The fourth-order valence-electron chi connectivity index (χ4n) is 1.74. The summed E-state index contributed by atoms with van der Waals surface area (Å²) < 4.78 is 4.74. The largest absolute Gasteiger partial charge is 0.390 e. The van der Waals surface area contributed by atoms with E-state index in [0.717, 1.165) is 0 Å². The summed E-state index contributed by atoms with van der Waals surface area (Å²) in [4.78, 5) is 17.2. The first-order valence-electron chi connectivity index (χ1n) is 5.06. The van der Waals surface area contributed by atoms with Crippen LogP contribution in [0.25, 0.3) is 0 Å². The van der Waals surface area contributed by atoms with Crippen molar-refractivity contribution in [1.82, 2.24) is 20.4 Å². The lowest BCUT2D eigenvalue weighted by molar-refractivity contribution is 0.0567. The molecule has 1 fully saturated rings. The zero-order valence-electron chi connectivity index (χ0n) is 9.17. The molecule has 0 bridgehead atoms. The summed E-state index contributed by atoms with van der Waals surface area (Å²) in [7, 11) is 1.62. The highest BCUT2D eigenvalue weighted by molar-refractivity contribution is 5.90. The van der Waals surface area contributed by atoms with E-state index >= 15 is 0 Å². The van der Waals surface area contributed by atoms with Crippen molar-refractivity contribution in [3.05, 3.63) is 11.7 Å². The standard InChI is InChI=1S/C9H14N4O3/c1-5-11-8(12-16-5)9(15)13(2)6-3-10-4-7(6)14/h6-7,10,14H,3-4H2,1-2H3/t6-,7-/m0/s1. The highest BCUT2D eigenvalue weighted by atomic mass is 16.5. The second-order valence-corrected chi connectivity index (χ2v) is 3.85. The van der Waals surface area contributed by atoms with Crippen molar-refractivity contribution in [2.75, 3.05) is 20.1 Å². The Morgan fingerprint density at radius 3 is 2.88 bits per heavy atom. The molecule has 1 aromatic heterocycles. The lowest BCUT2D eigenvalue weighted by Gasteiger charge is -2.24. The minimum Gasteiger partial charge on any atom is -0.390 e. The second kappa shape index (κ2) is 4.18. The van der Waals surface area contributed by atoms with E-state index in [1.165, 1.54) is 4.90 Å². The summed E-state index contributed by atoms with van der Waals surface area (Å²) in [6.45, 7) is 2.68. The minimum absolute atomic E-state index is 0.0269. The number of carbonyl (C=O) groups is 1. The van der Waals surface area contributed by atoms with Crippen LogP contribution in [0.1, 0.15) is 16.5 Å². The number of rotatable bonds is 2. The van der Waals surface area contributed by atoms with Crippen molar-refractivity contribution in [1.29, 1.82) is 0 Å². The van der Waals surface area contributed by atoms with E-state index in [9.17, 15) is 9.90 Å². The van der Waals surface area contributed by atoms with Crippen molar-refractivity contribution in [2.24, 2.45) is 0 Å². The molecule has 88 valence electrons. The van der Waals surface area contributed by atoms with Crippen molar-refractivity contribution in [3.63, 3.8) is 0 Å². The van der Waals surface area contributed by atoms with Crippen molar-refractivity contribution in [2.45, 2.75) is 19.1 Å². The van der Waals surface area contributed by atoms with Gasteiger partial charge < -0.3 is 19.8 Å². The van der Waals surface area contributed by atoms with Crippen LogP contribution in [0.3, 0.4) is 0 Å². The molecular weight excluding hydrogens is 212 g/mol. The number of carbonyl (C=O) groups excluding carboxylic acids is 1. The third-order valence-electron chi connectivity index (χ3n) is 2.69. The van der Waals surface area contributed by atoms with Gasteiger partial charge in [0.2, 0.25) is 5.89 Å². The number of hydrogen-bond acceptors (Lipinski definition) is 6. The first kappa shape index (κ1) is 11.0. The van der Waals surface area contributed by atoms with Crippen molar-refractivity contribution in [3.8, 4) is 0 Å². The normalized spacial score (nSPS) is 24.7. The number of amides is 1. The Morgan fingerprint density at radius 2 is 2.38 bits per heavy atom. The molecule has 2 rings (SSSR count). The molecule has 0 radical (unpaired) electrons. The fraction of sp³-hybridized carbons (Fsp3) is 0.667. The molecule has 0 saturated carbocycles. The molecule has 0 aliphatic carbocycles. The summed E-state index contributed by atoms with van der Waals surface area (Å²) in [5.74, 6) is 0.0329. The molecule has 1 aliphatic rings. The van der Waals surface area contributed by atoms with Gasteiger partial charge in [-0.3, -0.25) is 4.79 Å². The van der Waals surface area contributed by atoms with Gasteiger partial charge in [0.05, 0.1) is 12.1 Å². The Labute approximate surface area is 92.4 Å². The number of aryl methyl sites for hydroxylation is 1. The molecule has 7 heteroatoms. The van der Waals surface area contributed by atoms with E-state index < -0.39 is 6.10 Å². The number of hydrogen-bond donors (Lipinski definition) is 2. The molecule has 1 aliphatic heterocycles. The van der Waals surface area contributed by atoms with E-state index in [0.29, 0.717) is 19.0 Å². The lowest BCUT2D eigenvalue weighted by atomic mass is 10.2. The topological polar surface area (TPSA) is 91.5 Å². The molecule has 2 atom stereocenters. The zero-order valence-corrected chi connectivity index (χ0v) is 9.17. The van der Waals surface area contributed by atoms with Gasteiger partial charge >= 0.3 is 0 Å². The molecule has 0 aromatic carbocycles. The molecular formula is C9H14N4O3. The van der Waals surface area contributed by atoms with Crippen molar-refractivity contribution >= 4 is 5.91 Å². The van der Waals surface area contributed by atoms with Gasteiger partial charge in [-0.25, -0.2) is 0 Å². The third kappa shape index (κ3) is 1.91. The SMILES string of the molecule is Cc1nc(C(=O)N(C)[C@H]2CNC[C@@H]2O)no1. The third-order valence-corrected chi connectivity index (χ3v) is 2.69. The molecule has 16 heavy (non-hydrogen) atoms. The van der Waals surface area contributed by atoms with Gasteiger partial charge in [0.25, 0.3) is 11.7 Å². The van der Waals surface area contributed by atoms with E-state index in [1.807, 2.05) is 0 Å². The van der Waals surface area contributed by atoms with Crippen LogP contribution in [-0.4, -0.2) is 58.3 Å². The summed E-state index contributed by atoms with van der Waals surface area (Å²) in [5.41, 5.74) is 0. The maximum atomic E-state index is 11.9. The van der Waals surface area contributed by atoms with Gasteiger partial charge in [0, 0.05) is 27.1 Å². The molecule has 2 heterocycles. The van der Waals surface area contributed by atoms with Gasteiger partial charge in [-0.05, 0) is 0 Å². The first-order chi connectivity index (χ1) is 7.59. The summed E-state index contributed by atoms with van der Waals surface area (Å²) in [5, 5.41) is 16.2. The molecule has 1 amide bonds. The van der Waals surface area contributed by atoms with E-state index in [-0.39, 0.29) is 17.8 Å². The number of nitrogens with zero attached hydrogens (tertiary/aromatic N) is 3. The Balaban J connectivity index is 2.10. The minimum atomic E-state index is -0.554. The average molecular weight is 226 g/mol. The summed E-state index contributed by atoms with van der Waals surface area (Å²) in [6, 6.07) is -0.244. The van der Waals surface area contributed by atoms with Gasteiger partial charge in [-0.15, -0.1) is 0 Å². The maximum Gasteiger partial charge on any atom is 0.295 e. The quantitative estimate of drug-likeness (QED) is 0.657. The molecule has 2 N–H and O–H groups in total. The Morgan fingerprint density at radius 1 is 1.62 bits per heavy atom. The van der Waals surface area contributed by atoms with Gasteiger partial charge in [0.1, 0.15) is 0 Å². The fourth-order valence-corrected chi connectivity index (χ4v) is 1.74. The number of β-amino-alcohol motifs (C(OH)–C–C–N with tert-alkyl or cyclic N) is 1. The molecule has 0 unspecified atom stereocenters. The zero-order chi connectivity index (χ0) is 11.7. The monoisotopic (exact) mass is 226 g/mol. The number of likely N-dealkylation sites (N-methyl/N-ethyl adjacent to an activating group) is 1. The number of aliphatic hydroxyl groups excluding tert-OH is 1. The van der Waals surface area contributed by atoms with Gasteiger partial charge in [-0.1, -0.05) is 5.16 Å². The van der Waals surface area contributed by atoms with Gasteiger partial charge in [-0.2, -0.15) is 4.98 Å². The maximum absolute atomic E-state index is 11.9. The van der Waals surface area contributed by atoms with Crippen molar-refractivity contribution < 1.29 is 14.4 Å². The smallest absolute Gasteiger partial charge is 0.295 e. The summed E-state index contributed by atoms with van der Waals surface area (Å²) >= 11 is 0. The van der Waals surface area contributed by atoms with Crippen LogP contribution in [0.5, 0.6) is 0 Å². The van der Waals surface area contributed by atoms with Gasteiger partial charge in [0.15, 0.2) is 0 Å². The molecule has 0 spiro atoms. The molecule has 1 saturated heterocycles. The van der Waals surface area contributed by atoms with E-state index in [2.05, 4.69) is 15.5 Å². The predicted molar refractivity (Wildman–Crippen MR) is 53.8 cm³/mol. The van der Waals surface area contributed by atoms with E-state index in [1.54, 1.807) is 14.0 Å². The average Bonchev–Trinajstić information content (AvgIpc) is 2.85. The van der Waals surface area contributed by atoms with Crippen LogP contribution in [0.2, 0.25) is 0 Å². The Bertz CT molecular complexity index is 392. The van der Waals surface area contributed by atoms with Crippen LogP contribution in [0.4, 0.5) is 0 Å². The highest BCUT2D eigenvalue weighted by Crippen LogP contribution is 2.10. The van der Waals surface area contributed by atoms with Crippen LogP contribution < -0.4 is 5.32 Å². The number of aliphatic hydroxyl groups is 1. The van der Waals surface area contributed by atoms with Crippen LogP contribution in [-0.2, 0) is 0 Å². The Hall–Kier alpha value is -1.47. The molecule has 7 nitrogen and oxygen atoms in total. The van der Waals surface area contributed by atoms with E-state index in [4.69, 9.17) is 4.52 Å². The van der Waals surface area contributed by atoms with Crippen LogP contribution in [0.15, 0.2) is 4.52 Å². The lowest BCUT2D eigenvalue weighted by Crippen LogP contribution is -2.44. The number of aromatic nitrogens is 2. The molecule has 1 aromatic rings. The number of nitrogens with one attached hydrogen (secondary N) is 1. The first-order valence-corrected chi connectivity index (χ1v) is 5.06. The van der Waals surface area contributed by atoms with Crippen LogP contribution in [0, 0.1) is 6.92 Å². The summed E-state index contributed by atoms with van der Waals surface area (Å²) in [6.07, 6.45) is -0.554. The Kier molecular flexibility index (Phi) is 2.88. The van der Waals surface area contributed by atoms with Crippen LogP contribution >= 0.6 is 0 Å².